The van der Waals surface area contributed by atoms with Crippen molar-refractivity contribution in [3.8, 4) is 34.4 Å². The summed E-state index contributed by atoms with van der Waals surface area (Å²) in [5.41, 5.74) is 9.64. The first-order valence-corrected chi connectivity index (χ1v) is 26.9. The molecule has 3 heterocycles. The van der Waals surface area contributed by atoms with E-state index in [-0.39, 0.29) is 31.1 Å². The van der Waals surface area contributed by atoms with Crippen LogP contribution in [0.5, 0.6) is 0 Å². The van der Waals surface area contributed by atoms with Crippen LogP contribution in [0.2, 0.25) is 17.3 Å². The number of fused-ring (bicyclic) bond motifs is 6. The molecule has 0 saturated carbocycles. The predicted molar refractivity (Wildman–Crippen MR) is 244 cm³/mol. The molecule has 0 bridgehead atoms. The maximum atomic E-state index is 9.90. The fourth-order valence-corrected chi connectivity index (χ4v) is 10.9. The molecular weight excluding hydrogens is 961 g/mol. The number of imidazole rings is 1. The van der Waals surface area contributed by atoms with Crippen LogP contribution in [-0.2, 0) is 25.5 Å². The van der Waals surface area contributed by atoms with Crippen LogP contribution in [0.3, 0.4) is 0 Å². The van der Waals surface area contributed by atoms with Gasteiger partial charge in [0, 0.05) is 42.6 Å². The van der Waals surface area contributed by atoms with Crippen LogP contribution in [0.4, 0.5) is 0 Å². The smallest absolute Gasteiger partial charge is 0 e. The zero-order valence-electron chi connectivity index (χ0n) is 38.6. The van der Waals surface area contributed by atoms with Crippen LogP contribution in [-0.4, -0.2) is 27.8 Å². The summed E-state index contributed by atoms with van der Waals surface area (Å²) in [7, 11) is 0. The van der Waals surface area contributed by atoms with E-state index in [1.54, 1.807) is 18.2 Å². The number of nitrogens with zero attached hydrogens (tertiary/aromatic N) is 4. The van der Waals surface area contributed by atoms with Crippen LogP contribution in [0.15, 0.2) is 126 Å². The minimum Gasteiger partial charge on any atom is 0 e. The van der Waals surface area contributed by atoms with Gasteiger partial charge in [-0.05, 0) is 51.6 Å². The molecule has 6 aromatic carbocycles. The fourth-order valence-electron chi connectivity index (χ4n) is 7.57. The number of benzene rings is 6. The Balaban J connectivity index is 0.000000207. The fraction of sp³-hybridized carbons (Fsp3) is 0.212. The van der Waals surface area contributed by atoms with Gasteiger partial charge < -0.3 is 8.98 Å². The van der Waals surface area contributed by atoms with Crippen molar-refractivity contribution >= 4 is 61.4 Å². The average Bonchev–Trinajstić information content (AvgIpc) is 3.82. The van der Waals surface area contributed by atoms with Gasteiger partial charge in [0.25, 0.3) is 0 Å². The van der Waals surface area contributed by atoms with Crippen molar-refractivity contribution in [2.45, 2.75) is 70.0 Å². The zero-order valence-corrected chi connectivity index (χ0v) is 39.1. The average molecular weight is 1010 g/mol. The number of rotatable bonds is 5. The van der Waals surface area contributed by atoms with Crippen LogP contribution >= 0.6 is 0 Å². The summed E-state index contributed by atoms with van der Waals surface area (Å²) in [5.74, 6) is 6.91. The molecule has 0 aliphatic carbocycles. The largest absolute Gasteiger partial charge is 0 e. The molecule has 1 radical (unpaired) electrons. The van der Waals surface area contributed by atoms with E-state index >= 15 is 0 Å². The normalized spacial score (nSPS) is 13.2. The van der Waals surface area contributed by atoms with E-state index in [2.05, 4.69) is 114 Å². The molecule has 0 unspecified atom stereocenters. The quantitative estimate of drug-likeness (QED) is 0.127. The second kappa shape index (κ2) is 16.4. The predicted octanol–water partition coefficient (Wildman–Crippen LogP) is 13.2. The van der Waals surface area contributed by atoms with Gasteiger partial charge in [-0.15, -0.1) is 12.1 Å². The standard InChI is InChI=1S/C34H24N3O.C18H24GeN.Ir/c1-34(2,3)23-14-16-24(17-15-23)37-28-19-13-21-8-4-5-9-25(21)31(28)36-33(37)27-18-12-22(20-35)30-26-10-6-7-11-29(26)38-32(27)30;1-13(2)16-11-18(15-9-7-14(3)8-10-15)20-12-17(16)19(4,5)6;/h4-17,19H,1-3H3;7-9,11-13H,1-6H3;/q2*-1;/i;3D3,13D;. The summed E-state index contributed by atoms with van der Waals surface area (Å²) in [6, 6.07) is 46.4. The number of hydrogen-bond donors (Lipinski definition) is 0. The van der Waals surface area contributed by atoms with Gasteiger partial charge in [-0.3, -0.25) is 4.98 Å². The SMILES string of the molecule is CC(C)(C)c1ccc(-n2c(-c3[c-]cc(C#N)c4c3oc3ccccc34)nc3c4ccccc4ccc32)cc1.[2H]C([2H])([2H])c1c[c-]c(-c2cc(C([2H])(C)C)[c]([Ge]([CH3])([CH3])[CH3])cn2)cc1.[Ir]. The van der Waals surface area contributed by atoms with E-state index in [1.807, 2.05) is 62.5 Å². The maximum Gasteiger partial charge on any atom is 0 e. The third kappa shape index (κ3) is 8.05. The van der Waals surface area contributed by atoms with Gasteiger partial charge in [-0.1, -0.05) is 87.0 Å². The van der Waals surface area contributed by atoms with Gasteiger partial charge in [0.05, 0.1) is 22.4 Å². The van der Waals surface area contributed by atoms with E-state index in [1.165, 1.54) is 16.0 Å². The molecular formula is C52H48GeIrN4O-2. The molecule has 9 rings (SSSR count). The molecule has 0 amide bonds. The Morgan fingerprint density at radius 3 is 2.27 bits per heavy atom. The second-order valence-electron chi connectivity index (χ2n) is 17.1. The third-order valence-corrected chi connectivity index (χ3v) is 14.9. The molecule has 7 heteroatoms. The minimum absolute atomic E-state index is 0. The monoisotopic (exact) mass is 1020 g/mol. The summed E-state index contributed by atoms with van der Waals surface area (Å²) in [4.78, 5) is 9.80. The number of nitriles is 1. The summed E-state index contributed by atoms with van der Waals surface area (Å²) in [5, 5.41) is 13.8. The third-order valence-electron chi connectivity index (χ3n) is 10.7. The van der Waals surface area contributed by atoms with Gasteiger partial charge in [-0.2, -0.15) is 0 Å². The molecule has 0 atom stereocenters. The van der Waals surface area contributed by atoms with Crippen molar-refractivity contribution in [3.05, 3.63) is 156 Å². The van der Waals surface area contributed by atoms with Gasteiger partial charge in [-0.25, -0.2) is 5.26 Å². The number of furan rings is 1. The van der Waals surface area contributed by atoms with Crippen molar-refractivity contribution in [1.82, 2.24) is 14.5 Å². The molecule has 0 fully saturated rings. The van der Waals surface area contributed by atoms with E-state index in [4.69, 9.17) is 14.9 Å². The Morgan fingerprint density at radius 1 is 0.881 bits per heavy atom. The molecule has 0 aliphatic rings. The topological polar surface area (TPSA) is 67.6 Å². The molecule has 9 aromatic rings. The molecule has 0 spiro atoms. The van der Waals surface area contributed by atoms with Crippen LogP contribution in [0.25, 0.3) is 72.1 Å². The second-order valence-corrected chi connectivity index (χ2v) is 27.6. The number of hydrogen-bond acceptors (Lipinski definition) is 4. The Morgan fingerprint density at radius 2 is 1.61 bits per heavy atom. The number of aryl methyl sites for hydroxylation is 1. The van der Waals surface area contributed by atoms with Crippen molar-refractivity contribution < 1.29 is 30.0 Å². The van der Waals surface area contributed by atoms with E-state index in [0.29, 0.717) is 11.1 Å². The Hall–Kier alpha value is -5.32. The van der Waals surface area contributed by atoms with Crippen LogP contribution < -0.4 is 4.40 Å². The molecule has 297 valence electrons. The zero-order chi connectivity index (χ0) is 44.4. The van der Waals surface area contributed by atoms with Crippen LogP contribution in [0, 0.1) is 30.3 Å². The van der Waals surface area contributed by atoms with Gasteiger partial charge in [0.15, 0.2) is 0 Å². The minimum atomic E-state index is -2.14. The number of aromatic nitrogens is 3. The Labute approximate surface area is 369 Å². The van der Waals surface area contributed by atoms with Gasteiger partial charge >= 0.3 is 131 Å². The Kier molecular flexibility index (Phi) is 10.2. The van der Waals surface area contributed by atoms with E-state index < -0.39 is 26.0 Å². The van der Waals surface area contributed by atoms with Crippen LogP contribution in [0.1, 0.15) is 68.2 Å². The molecule has 3 aromatic heterocycles. The molecule has 59 heavy (non-hydrogen) atoms. The van der Waals surface area contributed by atoms with Crippen molar-refractivity contribution in [2.24, 2.45) is 0 Å². The first-order valence-electron chi connectivity index (χ1n) is 21.5. The number of pyridine rings is 1. The number of para-hydroxylation sites is 1. The van der Waals surface area contributed by atoms with E-state index in [9.17, 15) is 5.26 Å². The summed E-state index contributed by atoms with van der Waals surface area (Å²) >= 11 is -2.14. The maximum absolute atomic E-state index is 9.90. The first-order chi connectivity index (χ1) is 29.2. The molecule has 0 saturated heterocycles. The van der Waals surface area contributed by atoms with Crippen molar-refractivity contribution in [2.75, 3.05) is 0 Å². The summed E-state index contributed by atoms with van der Waals surface area (Å²) < 4.78 is 40.6. The van der Waals surface area contributed by atoms with E-state index in [0.717, 1.165) is 72.1 Å². The molecule has 5 nitrogen and oxygen atoms in total. The molecule has 0 N–H and O–H groups in total. The van der Waals surface area contributed by atoms with Crippen molar-refractivity contribution in [1.29, 1.82) is 5.26 Å². The molecule has 0 aliphatic heterocycles. The first kappa shape index (κ1) is 36.7. The van der Waals surface area contributed by atoms with Crippen molar-refractivity contribution in [3.63, 3.8) is 0 Å². The summed E-state index contributed by atoms with van der Waals surface area (Å²) in [6.45, 7) is 8.32. The van der Waals surface area contributed by atoms with Gasteiger partial charge in [0.1, 0.15) is 5.58 Å². The Bertz CT molecular complexity index is 3180. The van der Waals surface area contributed by atoms with Gasteiger partial charge in [0.2, 0.25) is 0 Å². The summed E-state index contributed by atoms with van der Waals surface area (Å²) in [6.07, 6.45) is 1.91.